The number of ether oxygens (including phenoxy) is 2. The predicted molar refractivity (Wildman–Crippen MR) is 146 cm³/mol. The minimum Gasteiger partial charge on any atom is -0.507 e. The van der Waals surface area contributed by atoms with Crippen LogP contribution in [0.3, 0.4) is 0 Å². The van der Waals surface area contributed by atoms with E-state index in [1.54, 1.807) is 0 Å². The monoisotopic (exact) mass is 534 g/mol. The van der Waals surface area contributed by atoms with Crippen molar-refractivity contribution >= 4 is 11.6 Å². The van der Waals surface area contributed by atoms with Crippen LogP contribution in [-0.2, 0) is 16.0 Å². The van der Waals surface area contributed by atoms with Crippen LogP contribution >= 0.6 is 0 Å². The number of fused-ring (bicyclic) bond motifs is 1. The molecule has 1 saturated carbocycles. The van der Waals surface area contributed by atoms with E-state index in [2.05, 4.69) is 10.2 Å². The molecule has 208 valence electrons. The van der Waals surface area contributed by atoms with Crippen molar-refractivity contribution in [3.05, 3.63) is 52.1 Å². The molecule has 7 rings (SSSR count). The third kappa shape index (κ3) is 3.68. The quantitative estimate of drug-likeness (QED) is 0.477. The lowest BCUT2D eigenvalue weighted by atomic mass is 9.49. The number of rotatable bonds is 6. The molecule has 1 aromatic carbocycles. The Kier molecular flexibility index (Phi) is 6.28. The number of ketones is 2. The van der Waals surface area contributed by atoms with Crippen molar-refractivity contribution in [1.82, 2.24) is 10.2 Å². The second-order valence-corrected chi connectivity index (χ2v) is 12.2. The molecule has 3 heterocycles. The molecule has 1 aromatic rings. The fraction of sp³-hybridized carbons (Fsp3) is 0.548. The Morgan fingerprint density at radius 1 is 1.13 bits per heavy atom. The average molecular weight is 535 g/mol. The van der Waals surface area contributed by atoms with Crippen molar-refractivity contribution in [2.45, 2.75) is 51.7 Å². The van der Waals surface area contributed by atoms with Crippen LogP contribution in [-0.4, -0.2) is 77.2 Å². The second-order valence-electron chi connectivity index (χ2n) is 12.2. The number of carbonyl (C=O) groups excluding carboxylic acids is 2. The predicted octanol–water partition coefficient (Wildman–Crippen LogP) is 3.32. The third-order valence-electron chi connectivity index (χ3n) is 9.34. The van der Waals surface area contributed by atoms with Gasteiger partial charge in [0.15, 0.2) is 22.8 Å². The summed E-state index contributed by atoms with van der Waals surface area (Å²) in [5.41, 5.74) is 0.190. The number of phenols is 2. The number of nitrogens with zero attached hydrogens (tertiary/aromatic N) is 1. The molecule has 3 aliphatic carbocycles. The van der Waals surface area contributed by atoms with E-state index in [4.69, 9.17) is 9.47 Å². The maximum absolute atomic E-state index is 14.3. The van der Waals surface area contributed by atoms with Gasteiger partial charge in [-0.3, -0.25) is 9.59 Å². The highest BCUT2D eigenvalue weighted by atomic mass is 16.6. The first-order valence-corrected chi connectivity index (χ1v) is 14.0. The summed E-state index contributed by atoms with van der Waals surface area (Å²) < 4.78 is 13.3. The highest BCUT2D eigenvalue weighted by Crippen LogP contribution is 2.65. The first-order chi connectivity index (χ1) is 18.6. The van der Waals surface area contributed by atoms with Crippen molar-refractivity contribution in [3.8, 4) is 17.2 Å². The van der Waals surface area contributed by atoms with Gasteiger partial charge < -0.3 is 29.9 Å². The van der Waals surface area contributed by atoms with E-state index in [9.17, 15) is 19.8 Å². The molecule has 1 spiro atoms. The first-order valence-electron chi connectivity index (χ1n) is 14.0. The SMILES string of the molecule is CC(C)=CCc1c(O)cc2c(c1O)C(=O)C1=C[C@H]3C(=O)C4(CC=C(C)C)OC[C@H]([C@H]3CN3CCNCC3)[C@]14O2. The normalized spacial score (nSPS) is 32.7. The van der Waals surface area contributed by atoms with Gasteiger partial charge in [-0.15, -0.1) is 0 Å². The van der Waals surface area contributed by atoms with E-state index in [-0.39, 0.29) is 58.2 Å². The van der Waals surface area contributed by atoms with E-state index >= 15 is 0 Å². The molecule has 8 heteroatoms. The van der Waals surface area contributed by atoms with Gasteiger partial charge in [0.2, 0.25) is 0 Å². The Labute approximate surface area is 229 Å². The molecule has 2 saturated heterocycles. The molecule has 6 aliphatic rings. The van der Waals surface area contributed by atoms with Crippen LogP contribution in [0.5, 0.6) is 17.2 Å². The van der Waals surface area contributed by atoms with Gasteiger partial charge in [0.1, 0.15) is 22.8 Å². The Morgan fingerprint density at radius 3 is 2.54 bits per heavy atom. The summed E-state index contributed by atoms with van der Waals surface area (Å²) in [6.07, 6.45) is 6.28. The van der Waals surface area contributed by atoms with Crippen LogP contribution in [0.2, 0.25) is 0 Å². The summed E-state index contributed by atoms with van der Waals surface area (Å²) in [5, 5.41) is 25.5. The number of piperazine rings is 1. The van der Waals surface area contributed by atoms with Crippen molar-refractivity contribution < 1.29 is 29.3 Å². The Hall–Kier alpha value is -2.94. The van der Waals surface area contributed by atoms with Crippen molar-refractivity contribution in [1.29, 1.82) is 0 Å². The van der Waals surface area contributed by atoms with Crippen LogP contribution in [0.15, 0.2) is 41.0 Å². The van der Waals surface area contributed by atoms with Gasteiger partial charge in [-0.25, -0.2) is 0 Å². The van der Waals surface area contributed by atoms with E-state index in [1.165, 1.54) is 6.07 Å². The topological polar surface area (TPSA) is 108 Å². The third-order valence-corrected chi connectivity index (χ3v) is 9.34. The summed E-state index contributed by atoms with van der Waals surface area (Å²) in [6, 6.07) is 1.43. The van der Waals surface area contributed by atoms with Gasteiger partial charge in [-0.05, 0) is 40.0 Å². The average Bonchev–Trinajstić information content (AvgIpc) is 3.17. The Balaban J connectivity index is 1.50. The van der Waals surface area contributed by atoms with Crippen LogP contribution in [0.1, 0.15) is 50.0 Å². The van der Waals surface area contributed by atoms with Gasteiger partial charge >= 0.3 is 0 Å². The summed E-state index contributed by atoms with van der Waals surface area (Å²) in [5.74, 6) is -1.42. The lowest BCUT2D eigenvalue weighted by molar-refractivity contribution is -0.171. The molecule has 1 unspecified atom stereocenters. The largest absolute Gasteiger partial charge is 0.507 e. The molecule has 0 aromatic heterocycles. The number of allylic oxidation sites excluding steroid dienone is 4. The smallest absolute Gasteiger partial charge is 0.200 e. The zero-order valence-electron chi connectivity index (χ0n) is 23.2. The zero-order valence-corrected chi connectivity index (χ0v) is 23.2. The van der Waals surface area contributed by atoms with Gasteiger partial charge in [-0.2, -0.15) is 0 Å². The number of Topliss-reactive ketones (excluding diaryl/α,β-unsaturated/α-hetero) is 2. The molecule has 0 radical (unpaired) electrons. The lowest BCUT2D eigenvalue weighted by Crippen LogP contribution is -2.74. The Bertz CT molecular complexity index is 1330. The van der Waals surface area contributed by atoms with Crippen molar-refractivity contribution in [2.75, 3.05) is 39.3 Å². The molecule has 39 heavy (non-hydrogen) atoms. The maximum atomic E-state index is 14.3. The molecular weight excluding hydrogens is 496 g/mol. The van der Waals surface area contributed by atoms with Gasteiger partial charge in [0.05, 0.1) is 6.61 Å². The van der Waals surface area contributed by atoms with Crippen molar-refractivity contribution in [2.24, 2.45) is 17.8 Å². The summed E-state index contributed by atoms with van der Waals surface area (Å²) in [6.45, 7) is 12.5. The molecule has 3 fully saturated rings. The lowest BCUT2D eigenvalue weighted by Gasteiger charge is -2.58. The van der Waals surface area contributed by atoms with Crippen molar-refractivity contribution in [3.63, 3.8) is 0 Å². The van der Waals surface area contributed by atoms with E-state index in [1.807, 2.05) is 45.9 Å². The Morgan fingerprint density at radius 2 is 1.85 bits per heavy atom. The van der Waals surface area contributed by atoms with Crippen LogP contribution < -0.4 is 10.1 Å². The highest BCUT2D eigenvalue weighted by Gasteiger charge is 2.79. The van der Waals surface area contributed by atoms with Crippen LogP contribution in [0.4, 0.5) is 0 Å². The molecule has 3 aliphatic heterocycles. The molecule has 8 nitrogen and oxygen atoms in total. The number of carbonyl (C=O) groups is 2. The minimum atomic E-state index is -1.33. The number of aromatic hydroxyl groups is 2. The molecule has 3 N–H and O–H groups in total. The molecular formula is C31H38N2O6. The fourth-order valence-electron chi connectivity index (χ4n) is 7.41. The standard InChI is InChI=1S/C31H38N2O6/c1-17(2)5-6-19-24(34)14-25-26(27(19)35)28(36)22-13-20-21(15-33-11-9-32-10-12-33)23-16-38-30(29(20)37,8-7-18(3)4)31(22,23)39-25/h5,7,13-14,20-21,23,32,34-35H,6,8-12,15-16H2,1-4H3/t20-,21+,23-,30?,31-/m1/s1. The summed E-state index contributed by atoms with van der Waals surface area (Å²) >= 11 is 0. The highest BCUT2D eigenvalue weighted by molar-refractivity contribution is 6.18. The first kappa shape index (κ1) is 26.3. The number of nitrogens with one attached hydrogen (secondary N) is 1. The van der Waals surface area contributed by atoms with Gasteiger partial charge in [-0.1, -0.05) is 29.4 Å². The maximum Gasteiger partial charge on any atom is 0.200 e. The minimum absolute atomic E-state index is 0.0393. The van der Waals surface area contributed by atoms with Gasteiger partial charge in [0, 0.05) is 68.2 Å². The zero-order chi connectivity index (χ0) is 27.7. The number of benzene rings is 1. The van der Waals surface area contributed by atoms with Crippen LogP contribution in [0, 0.1) is 17.8 Å². The molecule has 4 bridgehead atoms. The van der Waals surface area contributed by atoms with E-state index < -0.39 is 17.1 Å². The second kappa shape index (κ2) is 9.32. The van der Waals surface area contributed by atoms with Gasteiger partial charge in [0.25, 0.3) is 0 Å². The summed E-state index contributed by atoms with van der Waals surface area (Å²) in [7, 11) is 0. The number of hydrogen-bond acceptors (Lipinski definition) is 8. The number of phenolic OH excluding ortho intramolecular Hbond substituents is 2. The van der Waals surface area contributed by atoms with E-state index in [0.717, 1.165) is 43.9 Å². The number of hydrogen-bond donors (Lipinski definition) is 3. The molecule has 0 amide bonds. The van der Waals surface area contributed by atoms with E-state index in [0.29, 0.717) is 18.6 Å². The summed E-state index contributed by atoms with van der Waals surface area (Å²) in [4.78, 5) is 30.9. The fourth-order valence-corrected chi connectivity index (χ4v) is 7.41. The van der Waals surface area contributed by atoms with Crippen LogP contribution in [0.25, 0.3) is 0 Å². The molecule has 5 atom stereocenters.